The summed E-state index contributed by atoms with van der Waals surface area (Å²) in [6.45, 7) is 7.67. The minimum atomic E-state index is -3.49. The highest BCUT2D eigenvalue weighted by atomic mass is 32.2. The Kier molecular flexibility index (Phi) is 2.97. The van der Waals surface area contributed by atoms with Crippen molar-refractivity contribution < 1.29 is 8.42 Å². The lowest BCUT2D eigenvalue weighted by Crippen LogP contribution is -2.49. The Bertz CT molecular complexity index is 452. The number of nitriles is 1. The normalized spacial score (nSPS) is 34.2. The van der Waals surface area contributed by atoms with Crippen LogP contribution < -0.4 is 5.32 Å². The van der Waals surface area contributed by atoms with Crippen molar-refractivity contribution in [2.75, 3.05) is 19.6 Å². The second-order valence-corrected chi connectivity index (χ2v) is 7.70. The van der Waals surface area contributed by atoms with Crippen LogP contribution in [0.4, 0.5) is 0 Å². The van der Waals surface area contributed by atoms with E-state index < -0.39 is 20.8 Å². The first-order chi connectivity index (χ1) is 7.81. The molecule has 6 heteroatoms. The van der Waals surface area contributed by atoms with E-state index in [0.29, 0.717) is 18.4 Å². The highest BCUT2D eigenvalue weighted by Crippen LogP contribution is 2.42. The average molecular weight is 257 g/mol. The van der Waals surface area contributed by atoms with E-state index in [2.05, 4.69) is 5.32 Å². The summed E-state index contributed by atoms with van der Waals surface area (Å²) in [6.07, 6.45) is 0. The number of nitrogens with one attached hydrogen (secondary N) is 1. The molecular formula is C11H19N3O2S. The summed E-state index contributed by atoms with van der Waals surface area (Å²) in [5, 5.41) is 11.2. The van der Waals surface area contributed by atoms with Crippen LogP contribution in [-0.2, 0) is 10.0 Å². The summed E-state index contributed by atoms with van der Waals surface area (Å²) in [7, 11) is -3.49. The molecule has 17 heavy (non-hydrogen) atoms. The van der Waals surface area contributed by atoms with Crippen LogP contribution in [0, 0.1) is 23.2 Å². The van der Waals surface area contributed by atoms with E-state index in [1.165, 1.54) is 6.92 Å². The van der Waals surface area contributed by atoms with Crippen molar-refractivity contribution in [3.63, 3.8) is 0 Å². The predicted molar refractivity (Wildman–Crippen MR) is 64.6 cm³/mol. The van der Waals surface area contributed by atoms with Crippen molar-refractivity contribution in [3.05, 3.63) is 0 Å². The molecule has 0 amide bonds. The van der Waals surface area contributed by atoms with Crippen LogP contribution in [0.3, 0.4) is 0 Å². The molecule has 2 aliphatic rings. The third-order valence-corrected chi connectivity index (χ3v) is 6.46. The zero-order valence-electron chi connectivity index (χ0n) is 10.5. The second kappa shape index (κ2) is 3.94. The van der Waals surface area contributed by atoms with Gasteiger partial charge in [-0.1, -0.05) is 0 Å². The predicted octanol–water partition coefficient (Wildman–Crippen LogP) is 0.158. The molecule has 3 atom stereocenters. The van der Waals surface area contributed by atoms with Gasteiger partial charge in [0.2, 0.25) is 10.0 Å². The van der Waals surface area contributed by atoms with Crippen molar-refractivity contribution in [1.82, 2.24) is 9.62 Å². The SMILES string of the molecule is CC(C#N)S(=O)(=O)N1CC2CNCC2C1(C)C. The maximum absolute atomic E-state index is 12.3. The van der Waals surface area contributed by atoms with Gasteiger partial charge < -0.3 is 5.32 Å². The zero-order chi connectivity index (χ0) is 12.8. The number of fused-ring (bicyclic) bond motifs is 1. The minimum Gasteiger partial charge on any atom is -0.316 e. The van der Waals surface area contributed by atoms with Gasteiger partial charge >= 0.3 is 0 Å². The lowest BCUT2D eigenvalue weighted by Gasteiger charge is -2.35. The maximum Gasteiger partial charge on any atom is 0.230 e. The van der Waals surface area contributed by atoms with E-state index in [9.17, 15) is 8.42 Å². The summed E-state index contributed by atoms with van der Waals surface area (Å²) in [6, 6.07) is 1.84. The number of hydrogen-bond donors (Lipinski definition) is 1. The van der Waals surface area contributed by atoms with Gasteiger partial charge in [0.1, 0.15) is 0 Å². The van der Waals surface area contributed by atoms with Gasteiger partial charge in [0.15, 0.2) is 5.25 Å². The molecule has 5 nitrogen and oxygen atoms in total. The summed E-state index contributed by atoms with van der Waals surface area (Å²) in [5.41, 5.74) is -0.391. The van der Waals surface area contributed by atoms with E-state index in [1.807, 2.05) is 19.9 Å². The Labute approximate surface area is 103 Å². The van der Waals surface area contributed by atoms with E-state index in [4.69, 9.17) is 5.26 Å². The van der Waals surface area contributed by atoms with Crippen LogP contribution in [0.15, 0.2) is 0 Å². The van der Waals surface area contributed by atoms with E-state index in [0.717, 1.165) is 13.1 Å². The molecule has 96 valence electrons. The Morgan fingerprint density at radius 2 is 2.12 bits per heavy atom. The number of rotatable bonds is 2. The Morgan fingerprint density at radius 3 is 2.65 bits per heavy atom. The molecule has 2 heterocycles. The van der Waals surface area contributed by atoms with Gasteiger partial charge in [-0.25, -0.2) is 8.42 Å². The second-order valence-electron chi connectivity index (χ2n) is 5.53. The van der Waals surface area contributed by atoms with E-state index >= 15 is 0 Å². The fraction of sp³-hybridized carbons (Fsp3) is 0.909. The number of sulfonamides is 1. The molecule has 0 spiro atoms. The smallest absolute Gasteiger partial charge is 0.230 e. The highest BCUT2D eigenvalue weighted by Gasteiger charge is 2.54. The summed E-state index contributed by atoms with van der Waals surface area (Å²) in [4.78, 5) is 0. The quantitative estimate of drug-likeness (QED) is 0.764. The number of hydrogen-bond acceptors (Lipinski definition) is 4. The topological polar surface area (TPSA) is 73.2 Å². The van der Waals surface area contributed by atoms with Crippen molar-refractivity contribution >= 4 is 10.0 Å². The van der Waals surface area contributed by atoms with Gasteiger partial charge in [0, 0.05) is 18.6 Å². The van der Waals surface area contributed by atoms with E-state index in [1.54, 1.807) is 4.31 Å². The molecule has 0 aromatic rings. The van der Waals surface area contributed by atoms with Gasteiger partial charge in [-0.15, -0.1) is 0 Å². The summed E-state index contributed by atoms with van der Waals surface area (Å²) in [5.74, 6) is 0.730. The first-order valence-electron chi connectivity index (χ1n) is 5.93. The molecule has 2 fully saturated rings. The molecule has 0 aliphatic carbocycles. The molecule has 2 rings (SSSR count). The molecule has 2 saturated heterocycles. The lowest BCUT2D eigenvalue weighted by molar-refractivity contribution is 0.232. The molecule has 0 saturated carbocycles. The number of nitrogens with zero attached hydrogens (tertiary/aromatic N) is 2. The standard InChI is InChI=1S/C11H19N3O2S/c1-8(4-12)17(15,16)14-7-9-5-13-6-10(9)11(14,2)3/h8-10,13H,5-7H2,1-3H3. The van der Waals surface area contributed by atoms with Crippen LogP contribution in [0.5, 0.6) is 0 Å². The summed E-state index contributed by atoms with van der Waals surface area (Å²) >= 11 is 0. The van der Waals surface area contributed by atoms with Gasteiger partial charge in [0.25, 0.3) is 0 Å². The van der Waals surface area contributed by atoms with Crippen LogP contribution in [-0.4, -0.2) is 43.1 Å². The van der Waals surface area contributed by atoms with Crippen LogP contribution in [0.2, 0.25) is 0 Å². The van der Waals surface area contributed by atoms with Crippen LogP contribution in [0.25, 0.3) is 0 Å². The third kappa shape index (κ3) is 1.77. The highest BCUT2D eigenvalue weighted by molar-refractivity contribution is 7.90. The zero-order valence-corrected chi connectivity index (χ0v) is 11.3. The van der Waals surface area contributed by atoms with Crippen LogP contribution in [0.1, 0.15) is 20.8 Å². The van der Waals surface area contributed by atoms with Gasteiger partial charge in [0.05, 0.1) is 6.07 Å². The lowest BCUT2D eigenvalue weighted by atomic mass is 9.85. The molecule has 0 bridgehead atoms. The summed E-state index contributed by atoms with van der Waals surface area (Å²) < 4.78 is 26.1. The van der Waals surface area contributed by atoms with Crippen molar-refractivity contribution in [2.45, 2.75) is 31.6 Å². The van der Waals surface area contributed by atoms with Gasteiger partial charge in [-0.05, 0) is 39.2 Å². The minimum absolute atomic E-state index is 0.350. The van der Waals surface area contributed by atoms with E-state index in [-0.39, 0.29) is 0 Å². The van der Waals surface area contributed by atoms with Gasteiger partial charge in [-0.2, -0.15) is 9.57 Å². The Balaban J connectivity index is 2.33. The van der Waals surface area contributed by atoms with Crippen molar-refractivity contribution in [3.8, 4) is 6.07 Å². The van der Waals surface area contributed by atoms with Crippen LogP contribution >= 0.6 is 0 Å². The van der Waals surface area contributed by atoms with Crippen molar-refractivity contribution in [2.24, 2.45) is 11.8 Å². The monoisotopic (exact) mass is 257 g/mol. The van der Waals surface area contributed by atoms with Gasteiger partial charge in [-0.3, -0.25) is 0 Å². The molecule has 0 aromatic heterocycles. The fourth-order valence-electron chi connectivity index (χ4n) is 3.07. The first kappa shape index (κ1) is 12.8. The molecule has 0 aromatic carbocycles. The Morgan fingerprint density at radius 1 is 1.47 bits per heavy atom. The first-order valence-corrected chi connectivity index (χ1v) is 7.44. The fourth-order valence-corrected chi connectivity index (χ4v) is 4.78. The maximum atomic E-state index is 12.3. The Hall–Kier alpha value is -0.640. The molecular weight excluding hydrogens is 238 g/mol. The molecule has 3 unspecified atom stereocenters. The van der Waals surface area contributed by atoms with Crippen molar-refractivity contribution in [1.29, 1.82) is 5.26 Å². The molecule has 2 aliphatic heterocycles. The molecule has 1 N–H and O–H groups in total. The largest absolute Gasteiger partial charge is 0.316 e. The average Bonchev–Trinajstić information content (AvgIpc) is 2.80. The third-order valence-electron chi connectivity index (χ3n) is 4.23. The molecule has 0 radical (unpaired) electrons.